The van der Waals surface area contributed by atoms with Crippen molar-refractivity contribution in [2.75, 3.05) is 4.90 Å². The number of hydrogen-bond donors (Lipinski definition) is 1. The summed E-state index contributed by atoms with van der Waals surface area (Å²) in [5.41, 5.74) is 5.68. The van der Waals surface area contributed by atoms with Crippen molar-refractivity contribution in [1.29, 1.82) is 5.26 Å². The van der Waals surface area contributed by atoms with Crippen molar-refractivity contribution >= 4 is 52.0 Å². The smallest absolute Gasteiger partial charge is 0.346 e. The van der Waals surface area contributed by atoms with E-state index in [0.717, 1.165) is 28.2 Å². The molecule has 0 amide bonds. The molecule has 0 radical (unpaired) electrons. The summed E-state index contributed by atoms with van der Waals surface area (Å²) < 4.78 is 0. The molecule has 0 bridgehead atoms. The third-order valence-electron chi connectivity index (χ3n) is 6.24. The molecule has 182 valence electrons. The molecule has 5 aromatic carbocycles. The van der Waals surface area contributed by atoms with Crippen LogP contribution in [-0.2, 0) is 4.79 Å². The fraction of sp³-hybridized carbons (Fsp3) is 0. The zero-order valence-electron chi connectivity index (χ0n) is 20.5. The third-order valence-corrected chi connectivity index (χ3v) is 6.24. The first kappa shape index (κ1) is 24.3. The van der Waals surface area contributed by atoms with Crippen molar-refractivity contribution in [2.45, 2.75) is 0 Å². The molecule has 0 unspecified atom stereocenters. The fourth-order valence-corrected chi connectivity index (χ4v) is 4.35. The van der Waals surface area contributed by atoms with E-state index >= 15 is 0 Å². The van der Waals surface area contributed by atoms with Gasteiger partial charge in [0.25, 0.3) is 0 Å². The first-order chi connectivity index (χ1) is 18.6. The molecule has 0 aromatic heterocycles. The van der Waals surface area contributed by atoms with Crippen molar-refractivity contribution in [3.05, 3.63) is 144 Å². The molecule has 4 heteroatoms. The number of benzene rings is 5. The van der Waals surface area contributed by atoms with Gasteiger partial charge in [0.15, 0.2) is 0 Å². The van der Waals surface area contributed by atoms with E-state index in [0.29, 0.717) is 5.56 Å². The highest BCUT2D eigenvalue weighted by atomic mass is 16.4. The summed E-state index contributed by atoms with van der Waals surface area (Å²) in [7, 11) is 0. The van der Waals surface area contributed by atoms with E-state index in [-0.39, 0.29) is 5.57 Å². The quantitative estimate of drug-likeness (QED) is 0.141. The topological polar surface area (TPSA) is 64.3 Å². The molecule has 5 rings (SSSR count). The summed E-state index contributed by atoms with van der Waals surface area (Å²) in [4.78, 5) is 13.3. The Morgan fingerprint density at radius 1 is 0.658 bits per heavy atom. The lowest BCUT2D eigenvalue weighted by Gasteiger charge is -2.27. The predicted molar refractivity (Wildman–Crippen MR) is 155 cm³/mol. The Kier molecular flexibility index (Phi) is 7.11. The third kappa shape index (κ3) is 5.38. The molecule has 0 aliphatic heterocycles. The molecule has 0 fully saturated rings. The van der Waals surface area contributed by atoms with Crippen LogP contribution in [0.25, 0.3) is 29.0 Å². The van der Waals surface area contributed by atoms with Crippen molar-refractivity contribution < 1.29 is 9.90 Å². The van der Waals surface area contributed by atoms with Gasteiger partial charge in [-0.2, -0.15) is 5.26 Å². The second kappa shape index (κ2) is 11.1. The highest BCUT2D eigenvalue weighted by Gasteiger charge is 2.14. The summed E-state index contributed by atoms with van der Waals surface area (Å²) in [6, 6.07) is 42.7. The van der Waals surface area contributed by atoms with Crippen molar-refractivity contribution in [1.82, 2.24) is 0 Å². The molecule has 38 heavy (non-hydrogen) atoms. The van der Waals surface area contributed by atoms with Gasteiger partial charge in [-0.05, 0) is 58.5 Å². The number of rotatable bonds is 7. The van der Waals surface area contributed by atoms with Crippen molar-refractivity contribution in [3.8, 4) is 6.07 Å². The molecule has 0 aliphatic rings. The number of anilines is 3. The molecular weight excluding hydrogens is 468 g/mol. The Morgan fingerprint density at radius 3 is 1.87 bits per heavy atom. The van der Waals surface area contributed by atoms with Crippen LogP contribution in [0, 0.1) is 11.3 Å². The second-order valence-electron chi connectivity index (χ2n) is 8.74. The number of carbonyl (C=O) groups is 1. The second-order valence-corrected chi connectivity index (χ2v) is 8.74. The first-order valence-electron chi connectivity index (χ1n) is 12.2. The summed E-state index contributed by atoms with van der Waals surface area (Å²) in [6.07, 6.45) is 5.41. The van der Waals surface area contributed by atoms with Gasteiger partial charge in [0.2, 0.25) is 0 Å². The molecular formula is C34H24N2O2. The molecule has 0 spiro atoms. The van der Waals surface area contributed by atoms with Crippen LogP contribution in [0.4, 0.5) is 17.1 Å². The van der Waals surface area contributed by atoms with Gasteiger partial charge in [0.1, 0.15) is 11.6 Å². The Morgan fingerprint density at radius 2 is 1.21 bits per heavy atom. The maximum Gasteiger partial charge on any atom is 0.346 e. The molecule has 0 saturated carbocycles. The van der Waals surface area contributed by atoms with Crippen LogP contribution < -0.4 is 4.90 Å². The number of aliphatic carboxylic acids is 1. The lowest BCUT2D eigenvalue weighted by atomic mass is 10.1. The van der Waals surface area contributed by atoms with E-state index in [4.69, 9.17) is 10.4 Å². The van der Waals surface area contributed by atoms with Gasteiger partial charge in [-0.3, -0.25) is 0 Å². The Labute approximate surface area is 221 Å². The van der Waals surface area contributed by atoms with E-state index in [2.05, 4.69) is 95.9 Å². The number of carboxylic acid groups (broad SMARTS) is 1. The Balaban J connectivity index is 1.42. The van der Waals surface area contributed by atoms with Crippen molar-refractivity contribution in [3.63, 3.8) is 0 Å². The lowest BCUT2D eigenvalue weighted by Crippen LogP contribution is -2.10. The molecule has 0 aliphatic carbocycles. The monoisotopic (exact) mass is 492 g/mol. The molecule has 0 atom stereocenters. The van der Waals surface area contributed by atoms with Crippen LogP contribution in [0.2, 0.25) is 0 Å². The highest BCUT2D eigenvalue weighted by molar-refractivity contribution is 5.99. The minimum absolute atomic E-state index is 0.290. The van der Waals surface area contributed by atoms with E-state index in [1.165, 1.54) is 16.8 Å². The van der Waals surface area contributed by atoms with Gasteiger partial charge in [0, 0.05) is 16.8 Å². The SMILES string of the molecule is N#C/C(=C\c1ccc(/C=C/c2ccc(N(c3ccccc3)c3cccc4ccccc34)cc2)cc1)C(=O)O. The minimum Gasteiger partial charge on any atom is -0.477 e. The zero-order chi connectivity index (χ0) is 26.3. The summed E-state index contributed by atoms with van der Waals surface area (Å²) >= 11 is 0. The molecule has 0 saturated heterocycles. The van der Waals surface area contributed by atoms with Gasteiger partial charge >= 0.3 is 5.97 Å². The van der Waals surface area contributed by atoms with Crippen LogP contribution >= 0.6 is 0 Å². The highest BCUT2D eigenvalue weighted by Crippen LogP contribution is 2.38. The van der Waals surface area contributed by atoms with E-state index in [9.17, 15) is 4.79 Å². The minimum atomic E-state index is -1.23. The lowest BCUT2D eigenvalue weighted by molar-refractivity contribution is -0.132. The summed E-state index contributed by atoms with van der Waals surface area (Å²) in [5, 5.41) is 20.3. The van der Waals surface area contributed by atoms with E-state index in [1.54, 1.807) is 18.2 Å². The normalized spacial score (nSPS) is 11.4. The number of nitrogens with zero attached hydrogens (tertiary/aromatic N) is 2. The number of nitriles is 1. The average Bonchev–Trinajstić information content (AvgIpc) is 2.97. The number of hydrogen-bond acceptors (Lipinski definition) is 3. The Bertz CT molecular complexity index is 1670. The standard InChI is InChI=1S/C34H24N2O2/c35-24-29(34(37)38)23-27-17-15-25(16-18-27)13-14-26-19-21-31(22-20-26)36(30-9-2-1-3-10-30)33-12-6-8-28-7-4-5-11-32(28)33/h1-23H,(H,37,38)/b14-13+,29-23+. The summed E-state index contributed by atoms with van der Waals surface area (Å²) in [6.45, 7) is 0. The maximum absolute atomic E-state index is 11.0. The van der Waals surface area contributed by atoms with E-state index in [1.807, 2.05) is 30.4 Å². The maximum atomic E-state index is 11.0. The predicted octanol–water partition coefficient (Wildman–Crippen LogP) is 8.47. The van der Waals surface area contributed by atoms with Crippen LogP contribution in [0.3, 0.4) is 0 Å². The van der Waals surface area contributed by atoms with Gasteiger partial charge < -0.3 is 10.0 Å². The molecule has 0 heterocycles. The van der Waals surface area contributed by atoms with Crippen LogP contribution in [0.1, 0.15) is 16.7 Å². The first-order valence-corrected chi connectivity index (χ1v) is 12.2. The van der Waals surface area contributed by atoms with Crippen LogP contribution in [0.5, 0.6) is 0 Å². The molecule has 5 aromatic rings. The fourth-order valence-electron chi connectivity index (χ4n) is 4.35. The number of carboxylic acids is 1. The average molecular weight is 493 g/mol. The van der Waals surface area contributed by atoms with Gasteiger partial charge in [-0.1, -0.05) is 103 Å². The van der Waals surface area contributed by atoms with Crippen LogP contribution in [-0.4, -0.2) is 11.1 Å². The van der Waals surface area contributed by atoms with Gasteiger partial charge in [0.05, 0.1) is 5.69 Å². The summed E-state index contributed by atoms with van der Waals surface area (Å²) in [5.74, 6) is -1.23. The van der Waals surface area contributed by atoms with E-state index < -0.39 is 5.97 Å². The number of para-hydroxylation sites is 1. The molecule has 1 N–H and O–H groups in total. The number of fused-ring (bicyclic) bond motifs is 1. The largest absolute Gasteiger partial charge is 0.477 e. The Hall–Kier alpha value is -5.40. The van der Waals surface area contributed by atoms with Gasteiger partial charge in [-0.25, -0.2) is 4.79 Å². The molecule has 4 nitrogen and oxygen atoms in total. The van der Waals surface area contributed by atoms with Crippen molar-refractivity contribution in [2.24, 2.45) is 0 Å². The van der Waals surface area contributed by atoms with Gasteiger partial charge in [-0.15, -0.1) is 0 Å². The van der Waals surface area contributed by atoms with Crippen LogP contribution in [0.15, 0.2) is 127 Å². The zero-order valence-corrected chi connectivity index (χ0v) is 20.5.